The zero-order valence-electron chi connectivity index (χ0n) is 16.6. The highest BCUT2D eigenvalue weighted by Gasteiger charge is 2.09. The maximum atomic E-state index is 7.82. The van der Waals surface area contributed by atoms with E-state index in [9.17, 15) is 0 Å². The third-order valence-electron chi connectivity index (χ3n) is 4.19. The Kier molecular flexibility index (Phi) is 7.13. The molecule has 138 valence electrons. The molecule has 2 nitrogen and oxygen atoms in total. The SMILES string of the molecule is C\C=C/C=C/C(=C(\C=C(/C)N)c1cccc(C)c1)c1ccc(C(C)=N)cc1. The van der Waals surface area contributed by atoms with Crippen LogP contribution in [0.2, 0.25) is 0 Å². The number of benzene rings is 2. The first-order valence-corrected chi connectivity index (χ1v) is 9.12. The lowest BCUT2D eigenvalue weighted by molar-refractivity contribution is 1.32. The molecule has 0 aliphatic carbocycles. The first kappa shape index (κ1) is 20.2. The first-order chi connectivity index (χ1) is 12.9. The molecule has 2 aromatic rings. The molecule has 2 aromatic carbocycles. The van der Waals surface area contributed by atoms with Crippen LogP contribution in [0.3, 0.4) is 0 Å². The standard InChI is InChI=1S/C25H28N2/c1-5-6-7-11-24(22-14-12-21(13-15-22)20(4)27)25(17-19(3)26)23-10-8-9-18(2)16-23/h5-17,27H,26H2,1-4H3/b6-5-,11-7+,19-17+,25-24-,27-20?. The summed E-state index contributed by atoms with van der Waals surface area (Å²) in [6, 6.07) is 16.6. The fourth-order valence-corrected chi connectivity index (χ4v) is 2.86. The van der Waals surface area contributed by atoms with Crippen molar-refractivity contribution in [1.29, 1.82) is 5.41 Å². The van der Waals surface area contributed by atoms with Crippen LogP contribution < -0.4 is 5.73 Å². The average molecular weight is 357 g/mol. The average Bonchev–Trinajstić information content (AvgIpc) is 2.64. The van der Waals surface area contributed by atoms with Crippen LogP contribution in [-0.4, -0.2) is 5.71 Å². The highest BCUT2D eigenvalue weighted by Crippen LogP contribution is 2.30. The lowest BCUT2D eigenvalue weighted by Gasteiger charge is -2.13. The number of hydrogen-bond acceptors (Lipinski definition) is 2. The van der Waals surface area contributed by atoms with Crippen molar-refractivity contribution in [1.82, 2.24) is 0 Å². The molecular formula is C25H28N2. The topological polar surface area (TPSA) is 49.9 Å². The van der Waals surface area contributed by atoms with E-state index in [2.05, 4.69) is 49.4 Å². The minimum absolute atomic E-state index is 0.563. The first-order valence-electron chi connectivity index (χ1n) is 9.12. The Morgan fingerprint density at radius 2 is 1.56 bits per heavy atom. The second-order valence-electron chi connectivity index (χ2n) is 6.67. The van der Waals surface area contributed by atoms with Gasteiger partial charge in [-0.15, -0.1) is 0 Å². The zero-order chi connectivity index (χ0) is 19.8. The highest BCUT2D eigenvalue weighted by atomic mass is 14.5. The van der Waals surface area contributed by atoms with Crippen molar-refractivity contribution in [2.45, 2.75) is 27.7 Å². The molecule has 0 aromatic heterocycles. The monoisotopic (exact) mass is 356 g/mol. The summed E-state index contributed by atoms with van der Waals surface area (Å²) in [6.07, 6.45) is 10.2. The van der Waals surface area contributed by atoms with Gasteiger partial charge in [0.2, 0.25) is 0 Å². The van der Waals surface area contributed by atoms with Gasteiger partial charge in [-0.2, -0.15) is 0 Å². The molecule has 0 amide bonds. The highest BCUT2D eigenvalue weighted by molar-refractivity contribution is 6.01. The zero-order valence-corrected chi connectivity index (χ0v) is 16.6. The minimum atomic E-state index is 0.563. The van der Waals surface area contributed by atoms with Crippen LogP contribution in [0.1, 0.15) is 43.0 Å². The predicted molar refractivity (Wildman–Crippen MR) is 119 cm³/mol. The molecule has 0 radical (unpaired) electrons. The third kappa shape index (κ3) is 5.68. The molecule has 3 N–H and O–H groups in total. The van der Waals surface area contributed by atoms with Crippen LogP contribution >= 0.6 is 0 Å². The van der Waals surface area contributed by atoms with Crippen molar-refractivity contribution >= 4 is 16.9 Å². The van der Waals surface area contributed by atoms with Crippen molar-refractivity contribution < 1.29 is 0 Å². The van der Waals surface area contributed by atoms with Gasteiger partial charge in [-0.25, -0.2) is 0 Å². The second-order valence-corrected chi connectivity index (χ2v) is 6.67. The van der Waals surface area contributed by atoms with Crippen LogP contribution in [0.25, 0.3) is 11.1 Å². The van der Waals surface area contributed by atoms with E-state index in [1.807, 2.05) is 50.3 Å². The summed E-state index contributed by atoms with van der Waals surface area (Å²) < 4.78 is 0. The molecule has 0 aliphatic rings. The normalized spacial score (nSPS) is 13.3. The van der Waals surface area contributed by atoms with Gasteiger partial charge in [0.1, 0.15) is 0 Å². The molecule has 2 rings (SSSR count). The molecule has 0 bridgehead atoms. The van der Waals surface area contributed by atoms with Gasteiger partial charge >= 0.3 is 0 Å². The summed E-state index contributed by atoms with van der Waals surface area (Å²) in [4.78, 5) is 0. The summed E-state index contributed by atoms with van der Waals surface area (Å²) in [5.41, 5.74) is 13.9. The van der Waals surface area contributed by atoms with Gasteiger partial charge in [-0.1, -0.05) is 78.4 Å². The summed E-state index contributed by atoms with van der Waals surface area (Å²) in [7, 11) is 0. The molecule has 27 heavy (non-hydrogen) atoms. The van der Waals surface area contributed by atoms with Crippen LogP contribution in [0, 0.1) is 12.3 Å². The van der Waals surface area contributed by atoms with Crippen molar-refractivity contribution in [2.75, 3.05) is 0 Å². The number of allylic oxidation sites excluding steroid dienone is 8. The van der Waals surface area contributed by atoms with E-state index in [1.165, 1.54) is 5.56 Å². The summed E-state index contributed by atoms with van der Waals surface area (Å²) >= 11 is 0. The number of nitrogens with one attached hydrogen (secondary N) is 1. The maximum absolute atomic E-state index is 7.82. The number of rotatable bonds is 6. The van der Waals surface area contributed by atoms with Crippen molar-refractivity contribution in [3.8, 4) is 0 Å². The molecule has 0 saturated carbocycles. The molecule has 0 heterocycles. The number of aryl methyl sites for hydroxylation is 1. The van der Waals surface area contributed by atoms with E-state index in [-0.39, 0.29) is 0 Å². The van der Waals surface area contributed by atoms with Crippen LogP contribution in [0.5, 0.6) is 0 Å². The predicted octanol–water partition coefficient (Wildman–Crippen LogP) is 6.29. The van der Waals surface area contributed by atoms with Crippen LogP contribution in [0.15, 0.2) is 84.6 Å². The summed E-state index contributed by atoms with van der Waals surface area (Å²) in [5, 5.41) is 7.82. The summed E-state index contributed by atoms with van der Waals surface area (Å²) in [5.74, 6) is 0. The fourth-order valence-electron chi connectivity index (χ4n) is 2.86. The molecule has 0 aliphatic heterocycles. The van der Waals surface area contributed by atoms with E-state index in [0.717, 1.165) is 33.5 Å². The van der Waals surface area contributed by atoms with E-state index >= 15 is 0 Å². The lowest BCUT2D eigenvalue weighted by Crippen LogP contribution is -1.96. The van der Waals surface area contributed by atoms with Gasteiger partial charge in [0.15, 0.2) is 0 Å². The Hall–Kier alpha value is -3.13. The fraction of sp³-hybridized carbons (Fsp3) is 0.160. The Morgan fingerprint density at radius 3 is 2.11 bits per heavy atom. The van der Waals surface area contributed by atoms with Gasteiger partial charge in [0.25, 0.3) is 0 Å². The third-order valence-corrected chi connectivity index (χ3v) is 4.19. The second kappa shape index (κ2) is 9.54. The number of hydrogen-bond donors (Lipinski definition) is 2. The van der Waals surface area contributed by atoms with E-state index in [4.69, 9.17) is 11.1 Å². The molecule has 0 fully saturated rings. The summed E-state index contributed by atoms with van der Waals surface area (Å²) in [6.45, 7) is 7.80. The molecule has 0 saturated heterocycles. The van der Waals surface area contributed by atoms with E-state index < -0.39 is 0 Å². The van der Waals surface area contributed by atoms with Crippen LogP contribution in [-0.2, 0) is 0 Å². The van der Waals surface area contributed by atoms with Gasteiger partial charge in [-0.05, 0) is 61.6 Å². The molecule has 0 unspecified atom stereocenters. The van der Waals surface area contributed by atoms with Crippen molar-refractivity contribution in [3.63, 3.8) is 0 Å². The Morgan fingerprint density at radius 1 is 0.889 bits per heavy atom. The van der Waals surface area contributed by atoms with Gasteiger partial charge in [0, 0.05) is 11.4 Å². The maximum Gasteiger partial charge on any atom is 0.0355 e. The van der Waals surface area contributed by atoms with E-state index in [0.29, 0.717) is 5.71 Å². The van der Waals surface area contributed by atoms with Crippen molar-refractivity contribution in [3.05, 3.63) is 107 Å². The van der Waals surface area contributed by atoms with Crippen molar-refractivity contribution in [2.24, 2.45) is 5.73 Å². The lowest BCUT2D eigenvalue weighted by atomic mass is 9.92. The largest absolute Gasteiger partial charge is 0.402 e. The Labute approximate surface area is 162 Å². The minimum Gasteiger partial charge on any atom is -0.402 e. The van der Waals surface area contributed by atoms with Gasteiger partial charge in [0.05, 0.1) is 0 Å². The molecule has 0 spiro atoms. The molecule has 2 heteroatoms. The smallest absolute Gasteiger partial charge is 0.0355 e. The number of nitrogens with two attached hydrogens (primary N) is 1. The van der Waals surface area contributed by atoms with Crippen LogP contribution in [0.4, 0.5) is 0 Å². The molecular weight excluding hydrogens is 328 g/mol. The van der Waals surface area contributed by atoms with E-state index in [1.54, 1.807) is 6.92 Å². The Bertz CT molecular complexity index is 919. The molecule has 0 atom stereocenters. The van der Waals surface area contributed by atoms with Gasteiger partial charge in [-0.3, -0.25) is 0 Å². The van der Waals surface area contributed by atoms with Gasteiger partial charge < -0.3 is 11.1 Å². The Balaban J connectivity index is 2.75. The quantitative estimate of drug-likeness (QED) is 0.357.